The predicted molar refractivity (Wildman–Crippen MR) is 85.3 cm³/mol. The number of aryl methyl sites for hydroxylation is 1. The van der Waals surface area contributed by atoms with E-state index in [-0.39, 0.29) is 5.41 Å². The third kappa shape index (κ3) is 2.73. The molecule has 2 aliphatic rings. The van der Waals surface area contributed by atoms with Gasteiger partial charge in [0.25, 0.3) is 0 Å². The number of likely N-dealkylation sites (tertiary alicyclic amines) is 2. The summed E-state index contributed by atoms with van der Waals surface area (Å²) in [5.74, 6) is 0.385. The van der Waals surface area contributed by atoms with Gasteiger partial charge in [-0.1, -0.05) is 6.92 Å². The molecular weight excluding hydrogens is 282 g/mol. The van der Waals surface area contributed by atoms with Crippen LogP contribution in [0.25, 0.3) is 0 Å². The summed E-state index contributed by atoms with van der Waals surface area (Å²) < 4.78 is 0. The maximum absolute atomic E-state index is 12.6. The SMILES string of the molecule is CC[C@H](C)N1C[C@@]2(CCCN(Cc3csc(C)n3)C2)C1=O. The quantitative estimate of drug-likeness (QED) is 0.803. The van der Waals surface area contributed by atoms with Crippen LogP contribution in [0.2, 0.25) is 0 Å². The zero-order valence-electron chi connectivity index (χ0n) is 13.3. The highest BCUT2D eigenvalue weighted by molar-refractivity contribution is 7.09. The van der Waals surface area contributed by atoms with E-state index in [4.69, 9.17) is 0 Å². The first kappa shape index (κ1) is 15.0. The van der Waals surface area contributed by atoms with Crippen LogP contribution in [0.5, 0.6) is 0 Å². The summed E-state index contributed by atoms with van der Waals surface area (Å²) in [6, 6.07) is 0.389. The Hall–Kier alpha value is -0.940. The summed E-state index contributed by atoms with van der Waals surface area (Å²) in [4.78, 5) is 21.7. The van der Waals surface area contributed by atoms with Gasteiger partial charge in [-0.2, -0.15) is 0 Å². The van der Waals surface area contributed by atoms with Crippen LogP contribution in [0.1, 0.15) is 43.8 Å². The molecule has 0 bridgehead atoms. The molecule has 5 heteroatoms. The molecule has 116 valence electrons. The molecule has 21 heavy (non-hydrogen) atoms. The Morgan fingerprint density at radius 2 is 2.29 bits per heavy atom. The monoisotopic (exact) mass is 307 g/mol. The smallest absolute Gasteiger partial charge is 0.232 e. The number of hydrogen-bond acceptors (Lipinski definition) is 4. The van der Waals surface area contributed by atoms with E-state index in [1.165, 1.54) is 0 Å². The van der Waals surface area contributed by atoms with Crippen molar-refractivity contribution in [3.05, 3.63) is 16.1 Å². The Labute approximate surface area is 131 Å². The fourth-order valence-corrected chi connectivity index (χ4v) is 4.23. The number of β-lactam (4-membered cyclic amide) rings is 1. The molecule has 0 aliphatic carbocycles. The lowest BCUT2D eigenvalue weighted by molar-refractivity contribution is -0.170. The number of carbonyl (C=O) groups excluding carboxylic acids is 1. The Morgan fingerprint density at radius 3 is 2.90 bits per heavy atom. The van der Waals surface area contributed by atoms with Crippen LogP contribution >= 0.6 is 11.3 Å². The average Bonchev–Trinajstić information content (AvgIpc) is 2.89. The number of piperidine rings is 1. The Morgan fingerprint density at radius 1 is 1.48 bits per heavy atom. The molecule has 0 radical (unpaired) electrons. The number of nitrogens with zero attached hydrogens (tertiary/aromatic N) is 3. The molecule has 3 rings (SSSR count). The van der Waals surface area contributed by atoms with E-state index < -0.39 is 0 Å². The molecule has 0 saturated carbocycles. The van der Waals surface area contributed by atoms with Crippen LogP contribution in [0.15, 0.2) is 5.38 Å². The molecule has 1 spiro atoms. The fraction of sp³-hybridized carbons (Fsp3) is 0.750. The second-order valence-corrected chi connectivity index (χ2v) is 7.70. The Balaban J connectivity index is 1.63. The van der Waals surface area contributed by atoms with Crippen LogP contribution < -0.4 is 0 Å². The zero-order valence-corrected chi connectivity index (χ0v) is 14.1. The van der Waals surface area contributed by atoms with E-state index >= 15 is 0 Å². The summed E-state index contributed by atoms with van der Waals surface area (Å²) in [6.45, 7) is 10.2. The third-order valence-corrected chi connectivity index (χ3v) is 5.84. The maximum Gasteiger partial charge on any atom is 0.232 e. The highest BCUT2D eigenvalue weighted by Gasteiger charge is 2.54. The summed E-state index contributed by atoms with van der Waals surface area (Å²) in [7, 11) is 0. The van der Waals surface area contributed by atoms with Crippen molar-refractivity contribution in [3.63, 3.8) is 0 Å². The van der Waals surface area contributed by atoms with Crippen LogP contribution in [-0.4, -0.2) is 46.4 Å². The first-order valence-electron chi connectivity index (χ1n) is 7.98. The van der Waals surface area contributed by atoms with Crippen LogP contribution in [0, 0.1) is 12.3 Å². The molecule has 2 saturated heterocycles. The van der Waals surface area contributed by atoms with Gasteiger partial charge in [0.1, 0.15) is 0 Å². The van der Waals surface area contributed by atoms with E-state index in [0.29, 0.717) is 11.9 Å². The van der Waals surface area contributed by atoms with Crippen molar-refractivity contribution < 1.29 is 4.79 Å². The second kappa shape index (κ2) is 5.69. The van der Waals surface area contributed by atoms with Crippen molar-refractivity contribution in [1.82, 2.24) is 14.8 Å². The molecule has 2 fully saturated rings. The topological polar surface area (TPSA) is 36.4 Å². The predicted octanol–water partition coefficient (Wildman–Crippen LogP) is 2.67. The molecular formula is C16H25N3OS. The standard InChI is InChI=1S/C16H25N3OS/c1-4-12(2)19-11-16(15(19)20)6-5-7-18(10-16)8-14-9-21-13(3)17-14/h9,12H,4-8,10-11H2,1-3H3/t12-,16-/m0/s1. The van der Waals surface area contributed by atoms with Gasteiger partial charge in [0.15, 0.2) is 0 Å². The third-order valence-electron chi connectivity index (χ3n) is 5.02. The van der Waals surface area contributed by atoms with Gasteiger partial charge in [0, 0.05) is 31.1 Å². The summed E-state index contributed by atoms with van der Waals surface area (Å²) in [5, 5.41) is 3.27. The molecule has 0 N–H and O–H groups in total. The fourth-order valence-electron chi connectivity index (χ4n) is 3.63. The Kier molecular flexibility index (Phi) is 4.06. The number of rotatable bonds is 4. The lowest BCUT2D eigenvalue weighted by Crippen LogP contribution is -2.68. The molecule has 2 atom stereocenters. The normalized spacial score (nSPS) is 28.0. The van der Waals surface area contributed by atoms with Gasteiger partial charge in [0.2, 0.25) is 5.91 Å². The number of thiazole rings is 1. The molecule has 0 unspecified atom stereocenters. The molecule has 3 heterocycles. The van der Waals surface area contributed by atoms with E-state index in [1.54, 1.807) is 11.3 Å². The van der Waals surface area contributed by atoms with E-state index in [0.717, 1.165) is 56.1 Å². The first-order valence-corrected chi connectivity index (χ1v) is 8.86. The van der Waals surface area contributed by atoms with Gasteiger partial charge in [-0.05, 0) is 39.7 Å². The number of amides is 1. The van der Waals surface area contributed by atoms with Crippen molar-refractivity contribution in [2.75, 3.05) is 19.6 Å². The largest absolute Gasteiger partial charge is 0.338 e. The zero-order chi connectivity index (χ0) is 15.0. The lowest BCUT2D eigenvalue weighted by Gasteiger charge is -2.55. The highest BCUT2D eigenvalue weighted by atomic mass is 32.1. The highest BCUT2D eigenvalue weighted by Crippen LogP contribution is 2.42. The van der Waals surface area contributed by atoms with Gasteiger partial charge in [-0.15, -0.1) is 11.3 Å². The van der Waals surface area contributed by atoms with Gasteiger partial charge in [-0.3, -0.25) is 9.69 Å². The first-order chi connectivity index (χ1) is 10.0. The van der Waals surface area contributed by atoms with Gasteiger partial charge >= 0.3 is 0 Å². The van der Waals surface area contributed by atoms with Crippen molar-refractivity contribution in [2.45, 2.75) is 52.6 Å². The van der Waals surface area contributed by atoms with Gasteiger partial charge in [-0.25, -0.2) is 4.98 Å². The van der Waals surface area contributed by atoms with Crippen molar-refractivity contribution in [2.24, 2.45) is 5.41 Å². The summed E-state index contributed by atoms with van der Waals surface area (Å²) in [6.07, 6.45) is 3.23. The number of carbonyl (C=O) groups is 1. The van der Waals surface area contributed by atoms with E-state index in [1.807, 2.05) is 6.92 Å². The summed E-state index contributed by atoms with van der Waals surface area (Å²) >= 11 is 1.71. The molecule has 0 aromatic carbocycles. The molecule has 1 amide bonds. The van der Waals surface area contributed by atoms with Gasteiger partial charge < -0.3 is 4.90 Å². The molecule has 1 aromatic rings. The lowest BCUT2D eigenvalue weighted by atomic mass is 9.71. The second-order valence-electron chi connectivity index (χ2n) is 6.64. The molecule has 4 nitrogen and oxygen atoms in total. The van der Waals surface area contributed by atoms with E-state index in [9.17, 15) is 4.79 Å². The number of hydrogen-bond donors (Lipinski definition) is 0. The minimum absolute atomic E-state index is 0.0905. The summed E-state index contributed by atoms with van der Waals surface area (Å²) in [5.41, 5.74) is 1.06. The van der Waals surface area contributed by atoms with Crippen molar-refractivity contribution in [1.29, 1.82) is 0 Å². The number of aromatic nitrogens is 1. The average molecular weight is 307 g/mol. The van der Waals surface area contributed by atoms with Crippen LogP contribution in [0.4, 0.5) is 0 Å². The maximum atomic E-state index is 12.6. The minimum Gasteiger partial charge on any atom is -0.338 e. The van der Waals surface area contributed by atoms with Gasteiger partial charge in [0.05, 0.1) is 16.1 Å². The molecule has 2 aliphatic heterocycles. The van der Waals surface area contributed by atoms with Crippen molar-refractivity contribution in [3.8, 4) is 0 Å². The molecule has 1 aromatic heterocycles. The van der Waals surface area contributed by atoms with E-state index in [2.05, 4.69) is 34.0 Å². The van der Waals surface area contributed by atoms with Crippen LogP contribution in [-0.2, 0) is 11.3 Å². The van der Waals surface area contributed by atoms with Crippen molar-refractivity contribution >= 4 is 17.2 Å². The van der Waals surface area contributed by atoms with Crippen LogP contribution in [0.3, 0.4) is 0 Å². The minimum atomic E-state index is -0.0905. The Bertz CT molecular complexity index is 529.